The third kappa shape index (κ3) is 3.13. The molecule has 0 radical (unpaired) electrons. The molecule has 0 fully saturated rings. The van der Waals surface area contributed by atoms with Gasteiger partial charge in [-0.1, -0.05) is 97.1 Å². The summed E-state index contributed by atoms with van der Waals surface area (Å²) >= 11 is 0. The van der Waals surface area contributed by atoms with Gasteiger partial charge in [0.1, 0.15) is 0 Å². The number of fused-ring (bicyclic) bond motifs is 12. The van der Waals surface area contributed by atoms with Crippen molar-refractivity contribution in [2.75, 3.05) is 0 Å². The fourth-order valence-electron chi connectivity index (χ4n) is 7.48. The van der Waals surface area contributed by atoms with Gasteiger partial charge in [0.25, 0.3) is 0 Å². The minimum absolute atomic E-state index is 1.14. The lowest BCUT2D eigenvalue weighted by molar-refractivity contribution is 1.16. The third-order valence-electron chi connectivity index (χ3n) is 9.38. The second-order valence-electron chi connectivity index (χ2n) is 11.6. The summed E-state index contributed by atoms with van der Waals surface area (Å²) in [5, 5.41) is 12.5. The molecule has 0 saturated carbocycles. The van der Waals surface area contributed by atoms with Crippen LogP contribution in [-0.4, -0.2) is 14.1 Å². The third-order valence-corrected chi connectivity index (χ3v) is 9.38. The quantitative estimate of drug-likeness (QED) is 0.193. The standard InChI is InChI=1S/C41H25N3/c1-2-9-27(10-3-1)43-39-21-15-28(24-36(39)37-25-42-23-22-40(37)43)44-38-13-7-6-12-33(38)35-20-18-32-31-16-14-26-8-4-5-11-29(26)30(31)17-19-34(32)41(35)44/h1-25H. The summed E-state index contributed by atoms with van der Waals surface area (Å²) in [6.45, 7) is 0. The molecule has 0 N–H and O–H groups in total. The van der Waals surface area contributed by atoms with Crippen molar-refractivity contribution >= 4 is 75.9 Å². The van der Waals surface area contributed by atoms with Crippen molar-refractivity contribution in [1.82, 2.24) is 14.1 Å². The lowest BCUT2D eigenvalue weighted by atomic mass is 9.96. The molecular formula is C41H25N3. The highest BCUT2D eigenvalue weighted by Gasteiger charge is 2.18. The Morgan fingerprint density at radius 3 is 1.89 bits per heavy atom. The van der Waals surface area contributed by atoms with Crippen LogP contribution >= 0.6 is 0 Å². The Kier molecular flexibility index (Phi) is 4.72. The number of nitrogens with zero attached hydrogens (tertiary/aromatic N) is 3. The Bertz CT molecular complexity index is 2770. The lowest BCUT2D eigenvalue weighted by Gasteiger charge is -2.13. The topological polar surface area (TPSA) is 22.8 Å². The van der Waals surface area contributed by atoms with Gasteiger partial charge in [-0.15, -0.1) is 0 Å². The van der Waals surface area contributed by atoms with Gasteiger partial charge >= 0.3 is 0 Å². The highest BCUT2D eigenvalue weighted by atomic mass is 15.0. The first-order valence-corrected chi connectivity index (χ1v) is 15.1. The van der Waals surface area contributed by atoms with Crippen molar-refractivity contribution in [2.24, 2.45) is 0 Å². The summed E-state index contributed by atoms with van der Waals surface area (Å²) < 4.78 is 4.80. The van der Waals surface area contributed by atoms with Gasteiger partial charge in [-0.3, -0.25) is 4.98 Å². The van der Waals surface area contributed by atoms with Crippen LogP contribution in [0.15, 0.2) is 152 Å². The van der Waals surface area contributed by atoms with Gasteiger partial charge in [0.05, 0.1) is 22.1 Å². The summed E-state index contributed by atoms with van der Waals surface area (Å²) in [7, 11) is 0. The van der Waals surface area contributed by atoms with E-state index in [0.717, 1.165) is 22.3 Å². The predicted molar refractivity (Wildman–Crippen MR) is 185 cm³/mol. The van der Waals surface area contributed by atoms with Gasteiger partial charge in [-0.05, 0) is 69.4 Å². The Morgan fingerprint density at radius 2 is 1.00 bits per heavy atom. The summed E-state index contributed by atoms with van der Waals surface area (Å²) in [6, 6.07) is 50.8. The average molecular weight is 560 g/mol. The largest absolute Gasteiger partial charge is 0.309 e. The number of rotatable bonds is 2. The number of hydrogen-bond acceptors (Lipinski definition) is 1. The SMILES string of the molecule is c1ccc(-n2c3ccncc3c3cc(-n4c5ccccc5c5ccc6c7ccc8ccccc8c7ccc6c54)ccc32)cc1. The second kappa shape index (κ2) is 8.79. The van der Waals surface area contributed by atoms with Crippen molar-refractivity contribution in [1.29, 1.82) is 0 Å². The Balaban J connectivity index is 1.33. The molecule has 0 atom stereocenters. The van der Waals surface area contributed by atoms with E-state index in [-0.39, 0.29) is 0 Å². The van der Waals surface area contributed by atoms with E-state index in [1.165, 1.54) is 65.0 Å². The van der Waals surface area contributed by atoms with Crippen LogP contribution < -0.4 is 0 Å². The van der Waals surface area contributed by atoms with E-state index < -0.39 is 0 Å². The van der Waals surface area contributed by atoms with Crippen molar-refractivity contribution in [2.45, 2.75) is 0 Å². The van der Waals surface area contributed by atoms with E-state index >= 15 is 0 Å². The van der Waals surface area contributed by atoms with E-state index in [9.17, 15) is 0 Å². The van der Waals surface area contributed by atoms with Crippen LogP contribution in [0.4, 0.5) is 0 Å². The molecule has 0 unspecified atom stereocenters. The molecule has 10 rings (SSSR count). The highest BCUT2D eigenvalue weighted by Crippen LogP contribution is 2.41. The van der Waals surface area contributed by atoms with Crippen LogP contribution in [-0.2, 0) is 0 Å². The Hall–Kier alpha value is -5.93. The highest BCUT2D eigenvalue weighted by molar-refractivity contribution is 6.25. The molecule has 0 spiro atoms. The average Bonchev–Trinajstić information content (AvgIpc) is 3.61. The summed E-state index contributed by atoms with van der Waals surface area (Å²) in [5.74, 6) is 0. The molecule has 44 heavy (non-hydrogen) atoms. The molecule has 0 aliphatic carbocycles. The van der Waals surface area contributed by atoms with Crippen LogP contribution in [0.5, 0.6) is 0 Å². The normalized spacial score (nSPS) is 12.1. The zero-order valence-corrected chi connectivity index (χ0v) is 23.8. The number of aromatic nitrogens is 3. The maximum absolute atomic E-state index is 4.53. The Labute approximate surface area is 252 Å². The van der Waals surface area contributed by atoms with Gasteiger partial charge in [-0.25, -0.2) is 0 Å². The Morgan fingerprint density at radius 1 is 0.364 bits per heavy atom. The van der Waals surface area contributed by atoms with Gasteiger partial charge in [-0.2, -0.15) is 0 Å². The maximum Gasteiger partial charge on any atom is 0.0619 e. The minimum Gasteiger partial charge on any atom is -0.309 e. The fraction of sp³-hybridized carbons (Fsp3) is 0. The summed E-state index contributed by atoms with van der Waals surface area (Å²) in [5.41, 5.74) is 7.07. The molecule has 0 amide bonds. The van der Waals surface area contributed by atoms with E-state index in [2.05, 4.69) is 154 Å². The van der Waals surface area contributed by atoms with Crippen molar-refractivity contribution in [3.8, 4) is 11.4 Å². The van der Waals surface area contributed by atoms with Crippen molar-refractivity contribution in [3.63, 3.8) is 0 Å². The molecule has 0 bridgehead atoms. The first kappa shape index (κ1) is 23.6. The van der Waals surface area contributed by atoms with Crippen molar-refractivity contribution < 1.29 is 0 Å². The molecular weight excluding hydrogens is 534 g/mol. The maximum atomic E-state index is 4.53. The summed E-state index contributed by atoms with van der Waals surface area (Å²) in [4.78, 5) is 4.53. The lowest BCUT2D eigenvalue weighted by Crippen LogP contribution is -1.96. The molecule has 0 saturated heterocycles. The predicted octanol–water partition coefficient (Wildman–Crippen LogP) is 10.7. The first-order chi connectivity index (χ1) is 21.8. The minimum atomic E-state index is 1.14. The molecule has 10 aromatic rings. The molecule has 3 nitrogen and oxygen atoms in total. The zero-order valence-electron chi connectivity index (χ0n) is 23.8. The molecule has 0 aliphatic heterocycles. The number of benzene rings is 7. The molecule has 204 valence electrons. The molecule has 7 aromatic carbocycles. The van der Waals surface area contributed by atoms with Gasteiger partial charge in [0.15, 0.2) is 0 Å². The van der Waals surface area contributed by atoms with E-state index in [4.69, 9.17) is 0 Å². The molecule has 3 heteroatoms. The monoisotopic (exact) mass is 559 g/mol. The number of hydrogen-bond donors (Lipinski definition) is 0. The van der Waals surface area contributed by atoms with E-state index in [0.29, 0.717) is 0 Å². The van der Waals surface area contributed by atoms with Crippen LogP contribution in [0.25, 0.3) is 87.3 Å². The van der Waals surface area contributed by atoms with Gasteiger partial charge < -0.3 is 9.13 Å². The molecule has 0 aliphatic rings. The number of pyridine rings is 1. The van der Waals surface area contributed by atoms with Gasteiger partial charge in [0.2, 0.25) is 0 Å². The fourth-order valence-corrected chi connectivity index (χ4v) is 7.48. The first-order valence-electron chi connectivity index (χ1n) is 15.1. The van der Waals surface area contributed by atoms with Crippen LogP contribution in [0, 0.1) is 0 Å². The van der Waals surface area contributed by atoms with Crippen LogP contribution in [0.2, 0.25) is 0 Å². The number of para-hydroxylation sites is 2. The molecule has 3 aromatic heterocycles. The van der Waals surface area contributed by atoms with Crippen LogP contribution in [0.1, 0.15) is 0 Å². The van der Waals surface area contributed by atoms with Crippen LogP contribution in [0.3, 0.4) is 0 Å². The summed E-state index contributed by atoms with van der Waals surface area (Å²) in [6.07, 6.45) is 3.88. The van der Waals surface area contributed by atoms with Crippen molar-refractivity contribution in [3.05, 3.63) is 152 Å². The smallest absolute Gasteiger partial charge is 0.0619 e. The van der Waals surface area contributed by atoms with Gasteiger partial charge in [0, 0.05) is 50.7 Å². The second-order valence-corrected chi connectivity index (χ2v) is 11.6. The molecule has 3 heterocycles. The van der Waals surface area contributed by atoms with E-state index in [1.807, 2.05) is 12.4 Å². The van der Waals surface area contributed by atoms with E-state index in [1.54, 1.807) is 0 Å². The zero-order chi connectivity index (χ0) is 28.8.